The Balaban J connectivity index is 1.59. The van der Waals surface area contributed by atoms with E-state index in [9.17, 15) is 9.59 Å². The van der Waals surface area contributed by atoms with Crippen LogP contribution in [0.15, 0.2) is 24.4 Å². The summed E-state index contributed by atoms with van der Waals surface area (Å²) in [7, 11) is 0. The molecule has 27 heavy (non-hydrogen) atoms. The van der Waals surface area contributed by atoms with Crippen molar-refractivity contribution in [2.75, 3.05) is 13.2 Å². The number of fused-ring (bicyclic) bond motifs is 1. The van der Waals surface area contributed by atoms with Crippen molar-refractivity contribution in [3.05, 3.63) is 52.7 Å². The van der Waals surface area contributed by atoms with Gasteiger partial charge in [0.1, 0.15) is 11.5 Å². The first-order valence-electron chi connectivity index (χ1n) is 8.96. The summed E-state index contributed by atoms with van der Waals surface area (Å²) in [6.45, 7) is 6.05. The van der Waals surface area contributed by atoms with Crippen LogP contribution in [0.3, 0.4) is 0 Å². The fourth-order valence-corrected chi connectivity index (χ4v) is 3.10. The first kappa shape index (κ1) is 18.6. The van der Waals surface area contributed by atoms with E-state index in [0.29, 0.717) is 35.5 Å². The van der Waals surface area contributed by atoms with E-state index in [1.165, 1.54) is 0 Å². The third-order valence-electron chi connectivity index (χ3n) is 4.39. The summed E-state index contributed by atoms with van der Waals surface area (Å²) >= 11 is 0. The Hall–Kier alpha value is -3.16. The van der Waals surface area contributed by atoms with Gasteiger partial charge in [0.15, 0.2) is 5.65 Å². The molecule has 0 saturated heterocycles. The SMILES string of the molecule is CCOC(=O)c1[nH]c(C)c(C(=O)NCCCc2nnc3ccccn23)c1C. The number of carbonyl (C=O) groups is 2. The minimum Gasteiger partial charge on any atom is -0.461 e. The van der Waals surface area contributed by atoms with Gasteiger partial charge in [-0.15, -0.1) is 10.2 Å². The molecule has 0 aliphatic carbocycles. The lowest BCUT2D eigenvalue weighted by atomic mass is 10.1. The molecule has 0 spiro atoms. The number of ether oxygens (including phenoxy) is 1. The van der Waals surface area contributed by atoms with E-state index in [4.69, 9.17) is 4.74 Å². The Bertz CT molecular complexity index is 973. The van der Waals surface area contributed by atoms with Gasteiger partial charge in [0.25, 0.3) is 5.91 Å². The van der Waals surface area contributed by atoms with Crippen molar-refractivity contribution in [2.24, 2.45) is 0 Å². The Kier molecular flexibility index (Phi) is 5.54. The molecule has 0 fully saturated rings. The second-order valence-corrected chi connectivity index (χ2v) is 6.25. The van der Waals surface area contributed by atoms with E-state index in [2.05, 4.69) is 20.5 Å². The molecule has 0 bridgehead atoms. The number of aromatic nitrogens is 4. The Morgan fingerprint density at radius 2 is 2.07 bits per heavy atom. The van der Waals surface area contributed by atoms with Gasteiger partial charge in [-0.25, -0.2) is 4.79 Å². The van der Waals surface area contributed by atoms with Crippen molar-refractivity contribution in [2.45, 2.75) is 33.6 Å². The predicted molar refractivity (Wildman–Crippen MR) is 99.9 cm³/mol. The van der Waals surface area contributed by atoms with Crippen LogP contribution in [0.25, 0.3) is 5.65 Å². The predicted octanol–water partition coefficient (Wildman–Crippen LogP) is 2.21. The average molecular weight is 369 g/mol. The molecule has 0 radical (unpaired) electrons. The highest BCUT2D eigenvalue weighted by atomic mass is 16.5. The van der Waals surface area contributed by atoms with Crippen LogP contribution in [0.4, 0.5) is 0 Å². The number of rotatable bonds is 7. The number of nitrogens with zero attached hydrogens (tertiary/aromatic N) is 3. The number of hydrogen-bond acceptors (Lipinski definition) is 5. The maximum atomic E-state index is 12.5. The van der Waals surface area contributed by atoms with Crippen molar-refractivity contribution >= 4 is 17.5 Å². The van der Waals surface area contributed by atoms with Crippen LogP contribution in [-0.2, 0) is 11.2 Å². The number of H-pyrrole nitrogens is 1. The Morgan fingerprint density at radius 3 is 2.85 bits per heavy atom. The first-order valence-corrected chi connectivity index (χ1v) is 8.96. The molecule has 0 aliphatic rings. The minimum absolute atomic E-state index is 0.206. The molecular weight excluding hydrogens is 346 g/mol. The summed E-state index contributed by atoms with van der Waals surface area (Å²) in [5, 5.41) is 11.2. The van der Waals surface area contributed by atoms with Crippen LogP contribution in [0.5, 0.6) is 0 Å². The van der Waals surface area contributed by atoms with E-state index < -0.39 is 5.97 Å². The molecule has 0 saturated carbocycles. The number of amides is 1. The molecule has 3 rings (SSSR count). The number of nitrogens with one attached hydrogen (secondary N) is 2. The summed E-state index contributed by atoms with van der Waals surface area (Å²) < 4.78 is 6.95. The zero-order valence-electron chi connectivity index (χ0n) is 15.7. The highest BCUT2D eigenvalue weighted by molar-refractivity contribution is 6.01. The van der Waals surface area contributed by atoms with E-state index in [-0.39, 0.29) is 12.5 Å². The number of pyridine rings is 1. The first-order chi connectivity index (χ1) is 13.0. The summed E-state index contributed by atoms with van der Waals surface area (Å²) in [6, 6.07) is 5.75. The van der Waals surface area contributed by atoms with Crippen LogP contribution in [0.1, 0.15) is 51.3 Å². The maximum absolute atomic E-state index is 12.5. The molecule has 3 aromatic heterocycles. The van der Waals surface area contributed by atoms with E-state index >= 15 is 0 Å². The van der Waals surface area contributed by atoms with Gasteiger partial charge in [-0.2, -0.15) is 0 Å². The van der Waals surface area contributed by atoms with Crippen molar-refractivity contribution in [1.29, 1.82) is 0 Å². The third kappa shape index (κ3) is 3.84. The largest absolute Gasteiger partial charge is 0.461 e. The normalized spacial score (nSPS) is 10.9. The fraction of sp³-hybridized carbons (Fsp3) is 0.368. The molecule has 3 aromatic rings. The zero-order chi connectivity index (χ0) is 19.4. The van der Waals surface area contributed by atoms with Gasteiger partial charge < -0.3 is 15.0 Å². The van der Waals surface area contributed by atoms with Crippen LogP contribution < -0.4 is 5.32 Å². The maximum Gasteiger partial charge on any atom is 0.355 e. The summed E-state index contributed by atoms with van der Waals surface area (Å²) in [6.07, 6.45) is 3.35. The van der Waals surface area contributed by atoms with E-state index in [1.807, 2.05) is 28.8 Å². The van der Waals surface area contributed by atoms with Crippen molar-refractivity contribution in [3.63, 3.8) is 0 Å². The molecule has 0 unspecified atom stereocenters. The zero-order valence-corrected chi connectivity index (χ0v) is 15.7. The highest BCUT2D eigenvalue weighted by Crippen LogP contribution is 2.18. The monoisotopic (exact) mass is 369 g/mol. The number of carbonyl (C=O) groups excluding carboxylic acids is 2. The highest BCUT2D eigenvalue weighted by Gasteiger charge is 2.22. The number of esters is 1. The lowest BCUT2D eigenvalue weighted by molar-refractivity contribution is 0.0519. The number of aromatic amines is 1. The third-order valence-corrected chi connectivity index (χ3v) is 4.39. The molecule has 3 heterocycles. The second kappa shape index (κ2) is 8.03. The van der Waals surface area contributed by atoms with E-state index in [1.54, 1.807) is 20.8 Å². The van der Waals surface area contributed by atoms with Crippen LogP contribution in [0, 0.1) is 13.8 Å². The lowest BCUT2D eigenvalue weighted by Gasteiger charge is -2.06. The van der Waals surface area contributed by atoms with Crippen LogP contribution in [-0.4, -0.2) is 44.6 Å². The smallest absolute Gasteiger partial charge is 0.355 e. The van der Waals surface area contributed by atoms with Gasteiger partial charge in [0.05, 0.1) is 12.2 Å². The molecule has 0 aliphatic heterocycles. The molecule has 2 N–H and O–H groups in total. The van der Waals surface area contributed by atoms with Crippen LogP contribution >= 0.6 is 0 Å². The van der Waals surface area contributed by atoms with Gasteiger partial charge in [-0.05, 0) is 44.9 Å². The van der Waals surface area contributed by atoms with Gasteiger partial charge in [0.2, 0.25) is 0 Å². The molecular formula is C19H23N5O3. The van der Waals surface area contributed by atoms with Gasteiger partial charge in [-0.3, -0.25) is 9.20 Å². The number of hydrogen-bond donors (Lipinski definition) is 2. The topological polar surface area (TPSA) is 101 Å². The summed E-state index contributed by atoms with van der Waals surface area (Å²) in [4.78, 5) is 27.4. The van der Waals surface area contributed by atoms with Gasteiger partial charge in [0, 0.05) is 24.9 Å². The van der Waals surface area contributed by atoms with Crippen LogP contribution in [0.2, 0.25) is 0 Å². The summed E-state index contributed by atoms with van der Waals surface area (Å²) in [5.74, 6) is 0.206. The van der Waals surface area contributed by atoms with Crippen molar-refractivity contribution < 1.29 is 14.3 Å². The molecule has 0 atom stereocenters. The Morgan fingerprint density at radius 1 is 1.26 bits per heavy atom. The van der Waals surface area contributed by atoms with Crippen molar-refractivity contribution in [3.8, 4) is 0 Å². The quantitative estimate of drug-likeness (QED) is 0.491. The molecule has 142 valence electrons. The standard InChI is InChI=1S/C19H23N5O3/c1-4-27-19(26)17-12(2)16(13(3)21-17)18(25)20-10-7-9-15-23-22-14-8-5-6-11-24(14)15/h5-6,8,11,21H,4,7,9-10H2,1-3H3,(H,20,25). The fourth-order valence-electron chi connectivity index (χ4n) is 3.10. The van der Waals surface area contributed by atoms with Crippen molar-refractivity contribution in [1.82, 2.24) is 24.9 Å². The van der Waals surface area contributed by atoms with Gasteiger partial charge >= 0.3 is 5.97 Å². The molecule has 8 nitrogen and oxygen atoms in total. The molecule has 8 heteroatoms. The average Bonchev–Trinajstić information content (AvgIpc) is 3.19. The molecule has 0 aromatic carbocycles. The summed E-state index contributed by atoms with van der Waals surface area (Å²) in [5.41, 5.74) is 2.88. The Labute approximate surface area is 156 Å². The number of aryl methyl sites for hydroxylation is 2. The van der Waals surface area contributed by atoms with E-state index in [0.717, 1.165) is 17.9 Å². The minimum atomic E-state index is -0.448. The second-order valence-electron chi connectivity index (χ2n) is 6.25. The lowest BCUT2D eigenvalue weighted by Crippen LogP contribution is -2.26. The molecule has 1 amide bonds. The van der Waals surface area contributed by atoms with Gasteiger partial charge in [-0.1, -0.05) is 6.07 Å².